The molecular weight excluding hydrogens is 220 g/mol. The number of thiophene rings is 1. The maximum absolute atomic E-state index is 11.7. The van der Waals surface area contributed by atoms with E-state index in [-0.39, 0.29) is 18.0 Å². The molecule has 2 unspecified atom stereocenters. The largest absolute Gasteiger partial charge is 0.338 e. The molecule has 0 radical (unpaired) electrons. The Morgan fingerprint density at radius 3 is 2.88 bits per heavy atom. The van der Waals surface area contributed by atoms with Gasteiger partial charge in [-0.05, 0) is 32.4 Å². The van der Waals surface area contributed by atoms with Crippen molar-refractivity contribution in [3.8, 4) is 0 Å². The molecule has 2 atom stereocenters. The number of likely N-dealkylation sites (tertiary alicyclic amines) is 1. The van der Waals surface area contributed by atoms with E-state index in [1.165, 1.54) is 9.75 Å². The lowest BCUT2D eigenvalue weighted by molar-refractivity contribution is -0.130. The van der Waals surface area contributed by atoms with Crippen LogP contribution in [0.5, 0.6) is 0 Å². The lowest BCUT2D eigenvalue weighted by Gasteiger charge is -2.24. The van der Waals surface area contributed by atoms with Crippen LogP contribution in [0.2, 0.25) is 0 Å². The van der Waals surface area contributed by atoms with E-state index in [0.29, 0.717) is 0 Å². The zero-order chi connectivity index (χ0) is 11.7. The third-order valence-corrected chi connectivity index (χ3v) is 4.13. The summed E-state index contributed by atoms with van der Waals surface area (Å²) in [7, 11) is 0. The molecule has 16 heavy (non-hydrogen) atoms. The Balaban J connectivity index is 1.98. The number of amides is 1. The Hall–Kier alpha value is -0.870. The van der Waals surface area contributed by atoms with Gasteiger partial charge in [0.15, 0.2) is 0 Å². The van der Waals surface area contributed by atoms with E-state index in [1.54, 1.807) is 0 Å². The first kappa shape index (κ1) is 11.6. The fourth-order valence-electron chi connectivity index (χ4n) is 2.16. The van der Waals surface area contributed by atoms with Crippen LogP contribution in [0.3, 0.4) is 0 Å². The summed E-state index contributed by atoms with van der Waals surface area (Å²) in [6.07, 6.45) is 1.74. The predicted molar refractivity (Wildman–Crippen MR) is 66.5 cm³/mol. The van der Waals surface area contributed by atoms with Crippen molar-refractivity contribution in [2.24, 2.45) is 5.73 Å². The SMILES string of the molecule is Cc1ccc(CC(C)N2CCC(N)C2=O)s1. The maximum Gasteiger partial charge on any atom is 0.239 e. The lowest BCUT2D eigenvalue weighted by atomic mass is 10.2. The van der Waals surface area contributed by atoms with Gasteiger partial charge < -0.3 is 10.6 Å². The van der Waals surface area contributed by atoms with Crippen LogP contribution in [-0.2, 0) is 11.2 Å². The highest BCUT2D eigenvalue weighted by molar-refractivity contribution is 7.11. The summed E-state index contributed by atoms with van der Waals surface area (Å²) in [6.45, 7) is 5.02. The van der Waals surface area contributed by atoms with Gasteiger partial charge in [0.1, 0.15) is 0 Å². The topological polar surface area (TPSA) is 46.3 Å². The Kier molecular flexibility index (Phi) is 3.30. The molecule has 1 aliphatic heterocycles. The van der Waals surface area contributed by atoms with Gasteiger partial charge in [-0.3, -0.25) is 4.79 Å². The van der Waals surface area contributed by atoms with E-state index < -0.39 is 0 Å². The monoisotopic (exact) mass is 238 g/mol. The second-order valence-electron chi connectivity index (χ2n) is 4.49. The molecule has 1 amide bonds. The summed E-state index contributed by atoms with van der Waals surface area (Å²) in [6, 6.07) is 4.27. The molecule has 4 heteroatoms. The molecule has 0 bridgehead atoms. The van der Waals surface area contributed by atoms with Crippen LogP contribution in [-0.4, -0.2) is 29.4 Å². The van der Waals surface area contributed by atoms with Gasteiger partial charge in [0.2, 0.25) is 5.91 Å². The van der Waals surface area contributed by atoms with E-state index in [0.717, 1.165) is 19.4 Å². The Morgan fingerprint density at radius 1 is 1.62 bits per heavy atom. The summed E-state index contributed by atoms with van der Waals surface area (Å²) < 4.78 is 0. The first-order chi connectivity index (χ1) is 7.58. The number of rotatable bonds is 3. The highest BCUT2D eigenvalue weighted by Crippen LogP contribution is 2.21. The van der Waals surface area contributed by atoms with Crippen LogP contribution < -0.4 is 5.73 Å². The van der Waals surface area contributed by atoms with Crippen molar-refractivity contribution in [2.75, 3.05) is 6.54 Å². The molecule has 2 heterocycles. The predicted octanol–water partition coefficient (Wildman–Crippen LogP) is 1.55. The molecule has 2 rings (SSSR count). The van der Waals surface area contributed by atoms with Crippen LogP contribution in [0.1, 0.15) is 23.1 Å². The Labute approximate surface area is 100 Å². The Bertz CT molecular complexity index is 388. The van der Waals surface area contributed by atoms with Crippen molar-refractivity contribution < 1.29 is 4.79 Å². The minimum atomic E-state index is -0.271. The van der Waals surface area contributed by atoms with Crippen LogP contribution in [0.25, 0.3) is 0 Å². The fourth-order valence-corrected chi connectivity index (χ4v) is 3.17. The molecule has 2 N–H and O–H groups in total. The molecule has 0 saturated carbocycles. The number of hydrogen-bond donors (Lipinski definition) is 1. The van der Waals surface area contributed by atoms with E-state index >= 15 is 0 Å². The molecular formula is C12H18N2OS. The number of aryl methyl sites for hydroxylation is 1. The smallest absolute Gasteiger partial charge is 0.239 e. The van der Waals surface area contributed by atoms with Gasteiger partial charge >= 0.3 is 0 Å². The molecule has 88 valence electrons. The highest BCUT2D eigenvalue weighted by Gasteiger charge is 2.31. The molecule has 0 aromatic carbocycles. The van der Waals surface area contributed by atoms with Crippen LogP contribution >= 0.6 is 11.3 Å². The minimum Gasteiger partial charge on any atom is -0.338 e. The number of nitrogens with zero attached hydrogens (tertiary/aromatic N) is 1. The third-order valence-electron chi connectivity index (χ3n) is 3.11. The molecule has 1 saturated heterocycles. The maximum atomic E-state index is 11.7. The number of carbonyl (C=O) groups excluding carboxylic acids is 1. The minimum absolute atomic E-state index is 0.112. The molecule has 1 fully saturated rings. The molecule has 1 aromatic rings. The average Bonchev–Trinajstić information content (AvgIpc) is 2.76. The van der Waals surface area contributed by atoms with E-state index in [4.69, 9.17) is 5.73 Å². The summed E-state index contributed by atoms with van der Waals surface area (Å²) in [4.78, 5) is 16.3. The van der Waals surface area contributed by atoms with E-state index in [1.807, 2.05) is 16.2 Å². The van der Waals surface area contributed by atoms with E-state index in [2.05, 4.69) is 26.0 Å². The van der Waals surface area contributed by atoms with Crippen LogP contribution in [0.4, 0.5) is 0 Å². The van der Waals surface area contributed by atoms with Crippen molar-refractivity contribution in [2.45, 2.75) is 38.8 Å². The van der Waals surface area contributed by atoms with Crippen molar-refractivity contribution in [3.05, 3.63) is 21.9 Å². The summed E-state index contributed by atoms with van der Waals surface area (Å²) in [5.41, 5.74) is 5.72. The van der Waals surface area contributed by atoms with Gasteiger partial charge in [-0.25, -0.2) is 0 Å². The Morgan fingerprint density at radius 2 is 2.38 bits per heavy atom. The fraction of sp³-hybridized carbons (Fsp3) is 0.583. The average molecular weight is 238 g/mol. The molecule has 0 aliphatic carbocycles. The number of hydrogen-bond acceptors (Lipinski definition) is 3. The van der Waals surface area contributed by atoms with Gasteiger partial charge in [0, 0.05) is 28.8 Å². The van der Waals surface area contributed by atoms with Crippen LogP contribution in [0, 0.1) is 6.92 Å². The van der Waals surface area contributed by atoms with Gasteiger partial charge in [0.05, 0.1) is 6.04 Å². The van der Waals surface area contributed by atoms with E-state index in [9.17, 15) is 4.79 Å². The van der Waals surface area contributed by atoms with Gasteiger partial charge in [0.25, 0.3) is 0 Å². The van der Waals surface area contributed by atoms with Crippen molar-refractivity contribution in [3.63, 3.8) is 0 Å². The summed E-state index contributed by atoms with van der Waals surface area (Å²) in [5.74, 6) is 0.112. The number of carbonyl (C=O) groups is 1. The number of nitrogens with two attached hydrogens (primary N) is 1. The standard InChI is InChI=1S/C12H18N2OS/c1-8(7-10-4-3-9(2)16-10)14-6-5-11(13)12(14)15/h3-4,8,11H,5-7,13H2,1-2H3. The first-order valence-corrected chi connectivity index (χ1v) is 6.51. The van der Waals surface area contributed by atoms with Crippen molar-refractivity contribution in [1.29, 1.82) is 0 Å². The summed E-state index contributed by atoms with van der Waals surface area (Å²) in [5, 5.41) is 0. The van der Waals surface area contributed by atoms with Crippen molar-refractivity contribution >= 4 is 17.2 Å². The third kappa shape index (κ3) is 2.28. The van der Waals surface area contributed by atoms with Crippen molar-refractivity contribution in [1.82, 2.24) is 4.90 Å². The van der Waals surface area contributed by atoms with Gasteiger partial charge in [-0.2, -0.15) is 0 Å². The van der Waals surface area contributed by atoms with Gasteiger partial charge in [-0.1, -0.05) is 0 Å². The quantitative estimate of drug-likeness (QED) is 0.868. The normalized spacial score (nSPS) is 22.8. The summed E-state index contributed by atoms with van der Waals surface area (Å²) >= 11 is 1.81. The molecule has 3 nitrogen and oxygen atoms in total. The zero-order valence-corrected chi connectivity index (χ0v) is 10.6. The van der Waals surface area contributed by atoms with Crippen LogP contribution in [0.15, 0.2) is 12.1 Å². The highest BCUT2D eigenvalue weighted by atomic mass is 32.1. The molecule has 0 spiro atoms. The molecule has 1 aromatic heterocycles. The second-order valence-corrected chi connectivity index (χ2v) is 5.86. The van der Waals surface area contributed by atoms with Gasteiger partial charge in [-0.15, -0.1) is 11.3 Å². The second kappa shape index (κ2) is 4.55. The lowest BCUT2D eigenvalue weighted by Crippen LogP contribution is -2.40. The zero-order valence-electron chi connectivity index (χ0n) is 9.77. The molecule has 1 aliphatic rings. The first-order valence-electron chi connectivity index (χ1n) is 5.69.